The number of benzene rings is 2. The summed E-state index contributed by atoms with van der Waals surface area (Å²) in [7, 11) is 0. The molecule has 2 aromatic heterocycles. The number of nitro benzene ring substituents is 1. The SMILES string of the molecule is Cc1ccc(C(=O)Nc2ccc(C(=O)Nc3nnc(-c4ccc([N+](=O)[O-])cc4)s3)cc2)s1. The van der Waals surface area contributed by atoms with Gasteiger partial charge in [-0.2, -0.15) is 0 Å². The number of hydrogen-bond acceptors (Lipinski definition) is 8. The minimum absolute atomic E-state index is 0.0167. The number of thiophene rings is 1. The molecule has 0 aliphatic carbocycles. The molecule has 0 spiro atoms. The Morgan fingerprint density at radius 1 is 0.875 bits per heavy atom. The standard InChI is InChI=1S/C21H15N5O4S2/c1-12-2-11-17(31-12)19(28)22-15-7-3-13(4-8-15)18(27)23-21-25-24-20(32-21)14-5-9-16(10-6-14)26(29)30/h2-11H,1H3,(H,22,28)(H,23,25,27). The fourth-order valence-corrected chi connectivity index (χ4v) is 4.25. The van der Waals surface area contributed by atoms with Crippen molar-refractivity contribution in [3.05, 3.63) is 86.1 Å². The number of nitrogens with one attached hydrogen (secondary N) is 2. The van der Waals surface area contributed by atoms with Gasteiger partial charge in [0.15, 0.2) is 0 Å². The molecule has 0 saturated heterocycles. The average molecular weight is 466 g/mol. The predicted octanol–water partition coefficient (Wildman–Crippen LogP) is 4.99. The predicted molar refractivity (Wildman–Crippen MR) is 123 cm³/mol. The minimum Gasteiger partial charge on any atom is -0.321 e. The molecule has 0 aliphatic heterocycles. The normalized spacial score (nSPS) is 10.5. The third kappa shape index (κ3) is 4.85. The van der Waals surface area contributed by atoms with Crippen molar-refractivity contribution in [2.75, 3.05) is 10.6 Å². The van der Waals surface area contributed by atoms with Crippen LogP contribution < -0.4 is 10.6 Å². The zero-order valence-corrected chi connectivity index (χ0v) is 18.2. The first-order valence-electron chi connectivity index (χ1n) is 9.26. The van der Waals surface area contributed by atoms with Crippen molar-refractivity contribution < 1.29 is 14.5 Å². The van der Waals surface area contributed by atoms with Crippen molar-refractivity contribution in [2.24, 2.45) is 0 Å². The van der Waals surface area contributed by atoms with E-state index in [1.54, 1.807) is 42.5 Å². The Morgan fingerprint density at radius 3 is 2.22 bits per heavy atom. The highest BCUT2D eigenvalue weighted by molar-refractivity contribution is 7.18. The van der Waals surface area contributed by atoms with E-state index in [1.807, 2.05) is 13.0 Å². The van der Waals surface area contributed by atoms with Gasteiger partial charge in [0, 0.05) is 33.8 Å². The Balaban J connectivity index is 1.39. The molecule has 0 unspecified atom stereocenters. The molecule has 0 saturated carbocycles. The molecule has 0 fully saturated rings. The topological polar surface area (TPSA) is 127 Å². The Kier molecular flexibility index (Phi) is 6.01. The van der Waals surface area contributed by atoms with Crippen LogP contribution in [0.15, 0.2) is 60.7 Å². The third-order valence-corrected chi connectivity index (χ3v) is 6.23. The molecule has 9 nitrogen and oxygen atoms in total. The Bertz CT molecular complexity index is 1300. The summed E-state index contributed by atoms with van der Waals surface area (Å²) in [5, 5.41) is 25.0. The van der Waals surface area contributed by atoms with Gasteiger partial charge < -0.3 is 5.32 Å². The number of rotatable bonds is 6. The number of aromatic nitrogens is 2. The van der Waals surface area contributed by atoms with Crippen LogP contribution in [0.25, 0.3) is 10.6 Å². The Labute approximate surface area is 189 Å². The number of carbonyl (C=O) groups excluding carboxylic acids is 2. The van der Waals surface area contributed by atoms with E-state index in [0.717, 1.165) is 16.2 Å². The summed E-state index contributed by atoms with van der Waals surface area (Å²) < 4.78 is 0. The molecule has 0 radical (unpaired) electrons. The molecule has 32 heavy (non-hydrogen) atoms. The highest BCUT2D eigenvalue weighted by Gasteiger charge is 2.13. The van der Waals surface area contributed by atoms with Crippen molar-refractivity contribution in [3.63, 3.8) is 0 Å². The van der Waals surface area contributed by atoms with Crippen LogP contribution in [0.1, 0.15) is 24.9 Å². The van der Waals surface area contributed by atoms with Crippen molar-refractivity contribution >= 4 is 51.0 Å². The van der Waals surface area contributed by atoms with Gasteiger partial charge in [-0.25, -0.2) is 0 Å². The number of anilines is 2. The molecule has 160 valence electrons. The fraction of sp³-hybridized carbons (Fsp3) is 0.0476. The van der Waals surface area contributed by atoms with E-state index in [-0.39, 0.29) is 17.5 Å². The number of non-ortho nitro benzene ring substituents is 1. The Morgan fingerprint density at radius 2 is 1.59 bits per heavy atom. The van der Waals surface area contributed by atoms with Crippen LogP contribution >= 0.6 is 22.7 Å². The molecular weight excluding hydrogens is 450 g/mol. The zero-order chi connectivity index (χ0) is 22.7. The van der Waals surface area contributed by atoms with E-state index in [2.05, 4.69) is 20.8 Å². The van der Waals surface area contributed by atoms with Gasteiger partial charge in [0.2, 0.25) is 5.13 Å². The van der Waals surface area contributed by atoms with Crippen LogP contribution in [0.4, 0.5) is 16.5 Å². The largest absolute Gasteiger partial charge is 0.321 e. The molecular formula is C21H15N5O4S2. The second kappa shape index (κ2) is 9.04. The summed E-state index contributed by atoms with van der Waals surface area (Å²) in [6, 6.07) is 16.1. The lowest BCUT2D eigenvalue weighted by Gasteiger charge is -2.05. The first-order valence-corrected chi connectivity index (χ1v) is 10.9. The van der Waals surface area contributed by atoms with Crippen LogP contribution in [0.2, 0.25) is 0 Å². The summed E-state index contributed by atoms with van der Waals surface area (Å²) in [4.78, 5) is 36.7. The smallest absolute Gasteiger partial charge is 0.269 e. The van der Waals surface area contributed by atoms with E-state index in [0.29, 0.717) is 31.8 Å². The lowest BCUT2D eigenvalue weighted by molar-refractivity contribution is -0.384. The number of nitrogens with zero attached hydrogens (tertiary/aromatic N) is 3. The fourth-order valence-electron chi connectivity index (χ4n) is 2.74. The zero-order valence-electron chi connectivity index (χ0n) is 16.6. The monoisotopic (exact) mass is 465 g/mol. The molecule has 2 N–H and O–H groups in total. The summed E-state index contributed by atoms with van der Waals surface area (Å²) >= 11 is 2.56. The second-order valence-electron chi connectivity index (χ2n) is 6.61. The lowest BCUT2D eigenvalue weighted by atomic mass is 10.2. The van der Waals surface area contributed by atoms with Crippen molar-refractivity contribution in [3.8, 4) is 10.6 Å². The highest BCUT2D eigenvalue weighted by atomic mass is 32.1. The Hall–Kier alpha value is -3.96. The maximum Gasteiger partial charge on any atom is 0.269 e. The minimum atomic E-state index is -0.477. The average Bonchev–Trinajstić information content (AvgIpc) is 3.43. The van der Waals surface area contributed by atoms with Crippen LogP contribution in [-0.4, -0.2) is 26.9 Å². The maximum absolute atomic E-state index is 12.5. The lowest BCUT2D eigenvalue weighted by Crippen LogP contribution is -2.13. The van der Waals surface area contributed by atoms with Crippen molar-refractivity contribution in [1.29, 1.82) is 0 Å². The van der Waals surface area contributed by atoms with Crippen LogP contribution in [0.3, 0.4) is 0 Å². The second-order valence-corrected chi connectivity index (χ2v) is 8.88. The van der Waals surface area contributed by atoms with Gasteiger partial charge in [-0.1, -0.05) is 11.3 Å². The van der Waals surface area contributed by atoms with Gasteiger partial charge in [-0.15, -0.1) is 21.5 Å². The third-order valence-electron chi connectivity index (χ3n) is 4.34. The van der Waals surface area contributed by atoms with E-state index in [9.17, 15) is 19.7 Å². The molecule has 2 heterocycles. The van der Waals surface area contributed by atoms with E-state index < -0.39 is 4.92 Å². The molecule has 2 aromatic carbocycles. The van der Waals surface area contributed by atoms with E-state index >= 15 is 0 Å². The first kappa shape index (κ1) is 21.3. The molecule has 0 atom stereocenters. The van der Waals surface area contributed by atoms with Gasteiger partial charge in [0.25, 0.3) is 17.5 Å². The van der Waals surface area contributed by atoms with Crippen molar-refractivity contribution in [1.82, 2.24) is 10.2 Å². The molecule has 4 rings (SSSR count). The molecule has 2 amide bonds. The summed E-state index contributed by atoms with van der Waals surface area (Å²) in [5.74, 6) is -0.573. The first-order chi connectivity index (χ1) is 15.4. The van der Waals surface area contributed by atoms with E-state index in [4.69, 9.17) is 0 Å². The van der Waals surface area contributed by atoms with Crippen LogP contribution in [0, 0.1) is 17.0 Å². The summed E-state index contributed by atoms with van der Waals surface area (Å²) in [5.41, 5.74) is 1.61. The summed E-state index contributed by atoms with van der Waals surface area (Å²) in [6.45, 7) is 1.93. The quantitative estimate of drug-likeness (QED) is 0.305. The maximum atomic E-state index is 12.5. The molecule has 4 aromatic rings. The summed E-state index contributed by atoms with van der Waals surface area (Å²) in [6.07, 6.45) is 0. The van der Waals surface area contributed by atoms with Gasteiger partial charge in [-0.05, 0) is 55.5 Å². The highest BCUT2D eigenvalue weighted by Crippen LogP contribution is 2.28. The van der Waals surface area contributed by atoms with Crippen molar-refractivity contribution in [2.45, 2.75) is 6.92 Å². The molecule has 0 aliphatic rings. The number of hydrogen-bond donors (Lipinski definition) is 2. The van der Waals surface area contributed by atoms with Crippen LogP contribution in [-0.2, 0) is 0 Å². The number of nitro groups is 1. The van der Waals surface area contributed by atoms with Crippen LogP contribution in [0.5, 0.6) is 0 Å². The molecule has 0 bridgehead atoms. The van der Waals surface area contributed by atoms with E-state index in [1.165, 1.54) is 23.5 Å². The number of carbonyl (C=O) groups is 2. The number of amides is 2. The van der Waals surface area contributed by atoms with Gasteiger partial charge in [0.05, 0.1) is 9.80 Å². The van der Waals surface area contributed by atoms with Gasteiger partial charge in [-0.3, -0.25) is 25.0 Å². The van der Waals surface area contributed by atoms with Gasteiger partial charge in [0.1, 0.15) is 5.01 Å². The number of aryl methyl sites for hydroxylation is 1. The molecule has 11 heteroatoms. The van der Waals surface area contributed by atoms with Gasteiger partial charge >= 0.3 is 0 Å².